The number of hydrogen-bond acceptors (Lipinski definition) is 6. The number of hydrogen-bond donors (Lipinski definition) is 0. The molecule has 3 aromatic rings. The highest BCUT2D eigenvalue weighted by Gasteiger charge is 2.42. The van der Waals surface area contributed by atoms with Crippen LogP contribution in [-0.2, 0) is 11.3 Å². The standard InChI is InChI=1S/C26H25Cl2N3O3/c27-21-2-1-3-22(28)24(21)25-20(26(34-30-25)16-5-6-16)14-33-19-8-17-11-31(12-18(17)9-19)23-7-4-15(13-32)10-29-23/h1-4,7,10,13,16-19H,5-6,8-9,11-12,14H2/t17-,18?,19?/m0/s1. The van der Waals surface area contributed by atoms with Crippen molar-refractivity contribution in [1.29, 1.82) is 0 Å². The third-order valence-electron chi connectivity index (χ3n) is 7.37. The predicted molar refractivity (Wildman–Crippen MR) is 131 cm³/mol. The second-order valence-electron chi connectivity index (χ2n) is 9.64. The van der Waals surface area contributed by atoms with Gasteiger partial charge in [0.15, 0.2) is 6.29 Å². The summed E-state index contributed by atoms with van der Waals surface area (Å²) < 4.78 is 12.2. The van der Waals surface area contributed by atoms with Gasteiger partial charge >= 0.3 is 0 Å². The van der Waals surface area contributed by atoms with Crippen molar-refractivity contribution in [2.24, 2.45) is 11.8 Å². The van der Waals surface area contributed by atoms with Crippen molar-refractivity contribution in [3.63, 3.8) is 0 Å². The number of ether oxygens (including phenoxy) is 1. The van der Waals surface area contributed by atoms with Crippen LogP contribution in [0.15, 0.2) is 41.1 Å². The molecule has 3 atom stereocenters. The summed E-state index contributed by atoms with van der Waals surface area (Å²) >= 11 is 13.0. The molecular weight excluding hydrogens is 473 g/mol. The number of carbonyl (C=O) groups is 1. The van der Waals surface area contributed by atoms with E-state index in [1.807, 2.05) is 30.3 Å². The van der Waals surface area contributed by atoms with Crippen molar-refractivity contribution < 1.29 is 14.1 Å². The number of aromatic nitrogens is 2. The van der Waals surface area contributed by atoms with E-state index in [9.17, 15) is 4.79 Å². The SMILES string of the molecule is O=Cc1ccc(N2CC3CC(OCc4c(-c5c(Cl)cccc5Cl)noc4C4CC4)C[C@H]3C2)nc1. The van der Waals surface area contributed by atoms with Crippen LogP contribution in [0.2, 0.25) is 10.0 Å². The quantitative estimate of drug-likeness (QED) is 0.363. The molecule has 2 unspecified atom stereocenters. The highest BCUT2D eigenvalue weighted by atomic mass is 35.5. The van der Waals surface area contributed by atoms with Gasteiger partial charge in [0, 0.05) is 41.9 Å². The third-order valence-corrected chi connectivity index (χ3v) is 8.00. The summed E-state index contributed by atoms with van der Waals surface area (Å²) in [4.78, 5) is 17.7. The Morgan fingerprint density at radius 2 is 1.82 bits per heavy atom. The Bertz CT molecular complexity index is 1170. The Kier molecular flexibility index (Phi) is 5.84. The average molecular weight is 498 g/mol. The van der Waals surface area contributed by atoms with Crippen LogP contribution in [0.3, 0.4) is 0 Å². The average Bonchev–Trinajstić information content (AvgIpc) is 3.31. The molecule has 0 bridgehead atoms. The van der Waals surface area contributed by atoms with Crippen LogP contribution < -0.4 is 4.90 Å². The molecule has 8 heteroatoms. The van der Waals surface area contributed by atoms with Gasteiger partial charge in [-0.3, -0.25) is 4.79 Å². The minimum atomic E-state index is 0.207. The van der Waals surface area contributed by atoms with E-state index in [-0.39, 0.29) is 6.10 Å². The summed E-state index contributed by atoms with van der Waals surface area (Å²) in [6, 6.07) is 9.24. The summed E-state index contributed by atoms with van der Waals surface area (Å²) in [6.45, 7) is 2.40. The number of rotatable bonds is 7. The number of halogens is 2. The highest BCUT2D eigenvalue weighted by Crippen LogP contribution is 2.47. The molecule has 34 heavy (non-hydrogen) atoms. The summed E-state index contributed by atoms with van der Waals surface area (Å²) in [7, 11) is 0. The first-order chi connectivity index (χ1) is 16.6. The number of pyridine rings is 1. The van der Waals surface area contributed by atoms with Gasteiger partial charge < -0.3 is 14.2 Å². The maximum atomic E-state index is 10.9. The molecule has 6 rings (SSSR count). The number of benzene rings is 1. The van der Waals surface area contributed by atoms with Gasteiger partial charge in [0.25, 0.3) is 0 Å². The van der Waals surface area contributed by atoms with Gasteiger partial charge in [-0.25, -0.2) is 4.98 Å². The fraction of sp³-hybridized carbons (Fsp3) is 0.423. The zero-order chi connectivity index (χ0) is 23.2. The number of carbonyl (C=O) groups excluding carboxylic acids is 1. The third kappa shape index (κ3) is 4.12. The zero-order valence-corrected chi connectivity index (χ0v) is 20.1. The van der Waals surface area contributed by atoms with E-state index in [2.05, 4.69) is 15.0 Å². The van der Waals surface area contributed by atoms with Crippen LogP contribution in [0, 0.1) is 11.8 Å². The maximum absolute atomic E-state index is 10.9. The Balaban J connectivity index is 1.14. The number of anilines is 1. The van der Waals surface area contributed by atoms with Gasteiger partial charge in [0.1, 0.15) is 17.3 Å². The number of fused-ring (bicyclic) bond motifs is 1. The molecule has 1 saturated heterocycles. The van der Waals surface area contributed by atoms with Crippen LogP contribution >= 0.6 is 23.2 Å². The molecule has 0 amide bonds. The molecule has 3 aliphatic rings. The van der Waals surface area contributed by atoms with E-state index in [0.717, 1.165) is 62.2 Å². The van der Waals surface area contributed by atoms with Crippen LogP contribution in [-0.4, -0.2) is 35.6 Å². The van der Waals surface area contributed by atoms with Crippen LogP contribution in [0.1, 0.15) is 53.3 Å². The summed E-state index contributed by atoms with van der Waals surface area (Å²) in [5, 5.41) is 5.50. The molecule has 1 aromatic carbocycles. The first-order valence-corrected chi connectivity index (χ1v) is 12.6. The van der Waals surface area contributed by atoms with Crippen molar-refractivity contribution in [2.75, 3.05) is 18.0 Å². The second kappa shape index (κ2) is 8.99. The van der Waals surface area contributed by atoms with E-state index in [4.69, 9.17) is 32.5 Å². The molecule has 1 aliphatic heterocycles. The molecule has 2 aromatic heterocycles. The van der Waals surface area contributed by atoms with Crippen molar-refractivity contribution in [1.82, 2.24) is 10.1 Å². The van der Waals surface area contributed by atoms with E-state index >= 15 is 0 Å². The molecule has 3 heterocycles. The highest BCUT2D eigenvalue weighted by molar-refractivity contribution is 6.39. The van der Waals surface area contributed by atoms with Crippen molar-refractivity contribution in [3.05, 3.63) is 63.5 Å². The Morgan fingerprint density at radius 3 is 2.44 bits per heavy atom. The number of nitrogens with zero attached hydrogens (tertiary/aromatic N) is 3. The Hall–Kier alpha value is -2.41. The molecule has 176 valence electrons. The fourth-order valence-corrected chi connectivity index (χ4v) is 6.05. The van der Waals surface area contributed by atoms with Gasteiger partial charge in [0.2, 0.25) is 0 Å². The molecular formula is C26H25Cl2N3O3. The van der Waals surface area contributed by atoms with E-state index < -0.39 is 0 Å². The lowest BCUT2D eigenvalue weighted by atomic mass is 10.0. The lowest BCUT2D eigenvalue weighted by Gasteiger charge is -2.20. The van der Waals surface area contributed by atoms with Crippen molar-refractivity contribution in [2.45, 2.75) is 44.3 Å². The molecule has 6 nitrogen and oxygen atoms in total. The first kappa shape index (κ1) is 22.1. The Morgan fingerprint density at radius 1 is 1.09 bits per heavy atom. The minimum Gasteiger partial charge on any atom is -0.373 e. The van der Waals surface area contributed by atoms with E-state index in [1.165, 1.54) is 0 Å². The first-order valence-electron chi connectivity index (χ1n) is 11.8. The number of aldehydes is 1. The van der Waals surface area contributed by atoms with Crippen LogP contribution in [0.5, 0.6) is 0 Å². The van der Waals surface area contributed by atoms with Crippen molar-refractivity contribution >= 4 is 35.3 Å². The normalized spacial score (nSPS) is 23.9. The van der Waals surface area contributed by atoms with Crippen molar-refractivity contribution in [3.8, 4) is 11.3 Å². The minimum absolute atomic E-state index is 0.207. The van der Waals surface area contributed by atoms with Gasteiger partial charge in [0.05, 0.1) is 22.8 Å². The van der Waals surface area contributed by atoms with Gasteiger partial charge in [-0.05, 0) is 61.8 Å². The molecule has 3 fully saturated rings. The lowest BCUT2D eigenvalue weighted by Crippen LogP contribution is -2.24. The van der Waals surface area contributed by atoms with Gasteiger partial charge in [-0.2, -0.15) is 0 Å². The van der Waals surface area contributed by atoms with Gasteiger partial charge in [-0.1, -0.05) is 34.4 Å². The molecule has 2 aliphatic carbocycles. The summed E-state index contributed by atoms with van der Waals surface area (Å²) in [5.74, 6) is 3.44. The molecule has 0 spiro atoms. The van der Waals surface area contributed by atoms with E-state index in [0.29, 0.717) is 51.2 Å². The largest absolute Gasteiger partial charge is 0.373 e. The molecule has 0 radical (unpaired) electrons. The van der Waals surface area contributed by atoms with E-state index in [1.54, 1.807) is 6.20 Å². The maximum Gasteiger partial charge on any atom is 0.151 e. The van der Waals surface area contributed by atoms with Gasteiger partial charge in [-0.15, -0.1) is 0 Å². The summed E-state index contributed by atoms with van der Waals surface area (Å²) in [6.07, 6.45) is 6.96. The fourth-order valence-electron chi connectivity index (χ4n) is 5.47. The monoisotopic (exact) mass is 497 g/mol. The zero-order valence-electron chi connectivity index (χ0n) is 18.6. The summed E-state index contributed by atoms with van der Waals surface area (Å²) in [5.41, 5.74) is 3.00. The smallest absolute Gasteiger partial charge is 0.151 e. The Labute approximate surface area is 208 Å². The topological polar surface area (TPSA) is 68.5 Å². The van der Waals surface area contributed by atoms with Crippen LogP contribution in [0.25, 0.3) is 11.3 Å². The van der Waals surface area contributed by atoms with Crippen LogP contribution in [0.4, 0.5) is 5.82 Å². The molecule has 0 N–H and O–H groups in total. The predicted octanol–water partition coefficient (Wildman–Crippen LogP) is 6.16. The second-order valence-corrected chi connectivity index (χ2v) is 10.5. The molecule has 2 saturated carbocycles. The lowest BCUT2D eigenvalue weighted by molar-refractivity contribution is 0.0402.